The fourth-order valence-corrected chi connectivity index (χ4v) is 2.28. The molecule has 1 aromatic rings. The van der Waals surface area contributed by atoms with Gasteiger partial charge >= 0.3 is 6.18 Å². The van der Waals surface area contributed by atoms with E-state index in [9.17, 15) is 26.0 Å². The minimum atomic E-state index is -4.79. The van der Waals surface area contributed by atoms with Crippen LogP contribution in [0.4, 0.5) is 17.6 Å². The Hall–Kier alpha value is -0.860. The highest BCUT2D eigenvalue weighted by Gasteiger charge is 2.32. The Balaban J connectivity index is 2.98. The van der Waals surface area contributed by atoms with Crippen molar-refractivity contribution in [3.63, 3.8) is 0 Å². The van der Waals surface area contributed by atoms with E-state index in [-0.39, 0.29) is 0 Å². The lowest BCUT2D eigenvalue weighted by Gasteiger charge is -2.09. The summed E-state index contributed by atoms with van der Waals surface area (Å²) < 4.78 is 74.3. The maximum absolute atomic E-state index is 12.6. The van der Waals surface area contributed by atoms with Crippen LogP contribution in [0, 0.1) is 5.82 Å². The van der Waals surface area contributed by atoms with E-state index in [4.69, 9.17) is 11.6 Å². The smallest absolute Gasteiger partial charge is 0.257 e. The molecule has 0 fully saturated rings. The molecule has 0 spiro atoms. The Morgan fingerprint density at radius 3 is 2.35 bits per heavy atom. The molecule has 0 aliphatic heterocycles. The molecular formula is C8H5ClF4O3S. The van der Waals surface area contributed by atoms with Gasteiger partial charge in [-0.3, -0.25) is 4.18 Å². The van der Waals surface area contributed by atoms with E-state index < -0.39 is 38.6 Å². The van der Waals surface area contributed by atoms with Crippen molar-refractivity contribution in [3.8, 4) is 0 Å². The molecule has 3 nitrogen and oxygen atoms in total. The number of alkyl halides is 3. The van der Waals surface area contributed by atoms with Gasteiger partial charge in [-0.05, 0) is 18.2 Å². The topological polar surface area (TPSA) is 43.4 Å². The molecule has 0 radical (unpaired) electrons. The molecule has 96 valence electrons. The van der Waals surface area contributed by atoms with Gasteiger partial charge in [0.05, 0.1) is 5.02 Å². The number of hydrogen-bond acceptors (Lipinski definition) is 3. The highest BCUT2D eigenvalue weighted by Crippen LogP contribution is 2.25. The quantitative estimate of drug-likeness (QED) is 0.635. The summed E-state index contributed by atoms with van der Waals surface area (Å²) in [5.41, 5.74) is 0. The van der Waals surface area contributed by atoms with E-state index in [1.54, 1.807) is 0 Å². The maximum atomic E-state index is 12.6. The van der Waals surface area contributed by atoms with Gasteiger partial charge in [0.2, 0.25) is 0 Å². The van der Waals surface area contributed by atoms with Crippen LogP contribution in [0.1, 0.15) is 0 Å². The number of benzene rings is 1. The van der Waals surface area contributed by atoms with E-state index in [1.807, 2.05) is 0 Å². The van der Waals surface area contributed by atoms with Crippen LogP contribution in [-0.2, 0) is 14.3 Å². The minimum absolute atomic E-state index is 0.549. The van der Waals surface area contributed by atoms with Gasteiger partial charge in [-0.2, -0.15) is 21.6 Å². The molecule has 0 aromatic heterocycles. The highest BCUT2D eigenvalue weighted by molar-refractivity contribution is 7.86. The van der Waals surface area contributed by atoms with Crippen molar-refractivity contribution >= 4 is 21.7 Å². The summed E-state index contributed by atoms with van der Waals surface area (Å²) in [7, 11) is -4.66. The SMILES string of the molecule is O=S(=O)(OCC(F)(F)F)c1ccc(F)cc1Cl. The van der Waals surface area contributed by atoms with Crippen LogP contribution in [0.25, 0.3) is 0 Å². The van der Waals surface area contributed by atoms with Crippen molar-refractivity contribution in [2.75, 3.05) is 6.61 Å². The van der Waals surface area contributed by atoms with Crippen LogP contribution in [0.5, 0.6) is 0 Å². The molecule has 0 bridgehead atoms. The molecule has 1 aromatic carbocycles. The molecule has 0 saturated carbocycles. The van der Waals surface area contributed by atoms with E-state index >= 15 is 0 Å². The predicted octanol–water partition coefficient (Wildman–Crippen LogP) is 2.75. The molecular weight excluding hydrogens is 288 g/mol. The summed E-state index contributed by atoms with van der Waals surface area (Å²) in [6.45, 7) is -1.97. The van der Waals surface area contributed by atoms with Crippen LogP contribution in [0.3, 0.4) is 0 Å². The molecule has 0 heterocycles. The number of hydrogen-bond donors (Lipinski definition) is 0. The number of halogens is 5. The van der Waals surface area contributed by atoms with Crippen LogP contribution in [0.2, 0.25) is 5.02 Å². The Morgan fingerprint density at radius 1 is 1.29 bits per heavy atom. The lowest BCUT2D eigenvalue weighted by molar-refractivity contribution is -0.152. The Labute approximate surface area is 99.1 Å². The normalized spacial score (nSPS) is 12.8. The van der Waals surface area contributed by atoms with Gasteiger partial charge in [-0.25, -0.2) is 4.39 Å². The average molecular weight is 293 g/mol. The summed E-state index contributed by atoms with van der Waals surface area (Å²) >= 11 is 5.38. The van der Waals surface area contributed by atoms with Crippen molar-refractivity contribution in [2.24, 2.45) is 0 Å². The molecule has 0 unspecified atom stereocenters. The van der Waals surface area contributed by atoms with Gasteiger partial charge in [-0.1, -0.05) is 11.6 Å². The monoisotopic (exact) mass is 292 g/mol. The third kappa shape index (κ3) is 4.14. The molecule has 0 aliphatic rings. The summed E-state index contributed by atoms with van der Waals surface area (Å²) in [5.74, 6) is -0.815. The lowest BCUT2D eigenvalue weighted by Crippen LogP contribution is -2.20. The summed E-state index contributed by atoms with van der Waals surface area (Å²) in [5, 5.41) is -0.549. The molecule has 9 heteroatoms. The van der Waals surface area contributed by atoms with Crippen LogP contribution in [-0.4, -0.2) is 21.2 Å². The second-order valence-corrected chi connectivity index (χ2v) is 4.90. The molecule has 0 N–H and O–H groups in total. The largest absolute Gasteiger partial charge is 0.413 e. The second kappa shape index (κ2) is 4.79. The maximum Gasteiger partial charge on any atom is 0.413 e. The summed E-state index contributed by atoms with van der Waals surface area (Å²) in [4.78, 5) is -0.718. The summed E-state index contributed by atoms with van der Waals surface area (Å²) in [6, 6.07) is 2.13. The Morgan fingerprint density at radius 2 is 1.88 bits per heavy atom. The lowest BCUT2D eigenvalue weighted by atomic mass is 10.3. The Bertz CT molecular complexity index is 512. The van der Waals surface area contributed by atoms with Gasteiger partial charge in [0, 0.05) is 0 Å². The van der Waals surface area contributed by atoms with Gasteiger partial charge in [-0.15, -0.1) is 0 Å². The van der Waals surface area contributed by atoms with Crippen molar-refractivity contribution in [2.45, 2.75) is 11.1 Å². The molecule has 0 amide bonds. The molecule has 17 heavy (non-hydrogen) atoms. The third-order valence-electron chi connectivity index (χ3n) is 1.54. The van der Waals surface area contributed by atoms with Crippen LogP contribution >= 0.6 is 11.6 Å². The fourth-order valence-electron chi connectivity index (χ4n) is 0.886. The van der Waals surface area contributed by atoms with E-state index in [0.717, 1.165) is 12.1 Å². The Kier molecular flexibility index (Phi) is 4.00. The van der Waals surface area contributed by atoms with Crippen molar-refractivity contribution in [1.29, 1.82) is 0 Å². The zero-order valence-electron chi connectivity index (χ0n) is 7.96. The standard InChI is InChI=1S/C8H5ClF4O3S/c9-6-3-5(10)1-2-7(6)17(14,15)16-4-8(11,12)13/h1-3H,4H2. The molecule has 1 rings (SSSR count). The first-order valence-electron chi connectivity index (χ1n) is 4.03. The van der Waals surface area contributed by atoms with Crippen molar-refractivity contribution < 1.29 is 30.2 Å². The van der Waals surface area contributed by atoms with Gasteiger partial charge in [0.15, 0.2) is 6.61 Å². The van der Waals surface area contributed by atoms with Crippen LogP contribution in [0.15, 0.2) is 23.1 Å². The fraction of sp³-hybridized carbons (Fsp3) is 0.250. The van der Waals surface area contributed by atoms with Gasteiger partial charge < -0.3 is 0 Å². The molecule has 0 saturated heterocycles. The van der Waals surface area contributed by atoms with E-state index in [1.165, 1.54) is 0 Å². The average Bonchev–Trinajstić information content (AvgIpc) is 2.13. The van der Waals surface area contributed by atoms with Gasteiger partial charge in [0.25, 0.3) is 10.1 Å². The number of rotatable bonds is 3. The second-order valence-electron chi connectivity index (χ2n) is 2.91. The first-order valence-corrected chi connectivity index (χ1v) is 5.82. The van der Waals surface area contributed by atoms with Gasteiger partial charge in [0.1, 0.15) is 10.7 Å². The zero-order chi connectivity index (χ0) is 13.3. The summed E-state index contributed by atoms with van der Waals surface area (Å²) in [6.07, 6.45) is -4.79. The molecule has 0 atom stereocenters. The first-order chi connectivity index (χ1) is 7.62. The zero-order valence-corrected chi connectivity index (χ0v) is 9.53. The van der Waals surface area contributed by atoms with Crippen molar-refractivity contribution in [1.82, 2.24) is 0 Å². The minimum Gasteiger partial charge on any atom is -0.257 e. The molecule has 0 aliphatic carbocycles. The third-order valence-corrected chi connectivity index (χ3v) is 3.29. The van der Waals surface area contributed by atoms with Crippen LogP contribution < -0.4 is 0 Å². The van der Waals surface area contributed by atoms with E-state index in [2.05, 4.69) is 4.18 Å². The van der Waals surface area contributed by atoms with Crippen molar-refractivity contribution in [3.05, 3.63) is 29.0 Å². The highest BCUT2D eigenvalue weighted by atomic mass is 35.5. The van der Waals surface area contributed by atoms with E-state index in [0.29, 0.717) is 6.07 Å². The predicted molar refractivity (Wildman–Crippen MR) is 50.6 cm³/mol. The first kappa shape index (κ1) is 14.2.